The summed E-state index contributed by atoms with van der Waals surface area (Å²) in [5, 5.41) is 8.71. The molecule has 1 rings (SSSR count). The molecule has 2 N–H and O–H groups in total. The molecule has 0 saturated carbocycles. The fourth-order valence-electron chi connectivity index (χ4n) is 1.15. The van der Waals surface area contributed by atoms with Crippen molar-refractivity contribution in [2.45, 2.75) is 11.3 Å². The molecule has 1 aromatic heterocycles. The number of sulfonamides is 1. The smallest absolute Gasteiger partial charge is 0.242 e. The number of nitrogens with one attached hydrogen (secondary N) is 1. The van der Waals surface area contributed by atoms with Gasteiger partial charge in [0.15, 0.2) is 0 Å². The van der Waals surface area contributed by atoms with Gasteiger partial charge in [0.1, 0.15) is 10.0 Å². The quantitative estimate of drug-likeness (QED) is 0.535. The number of pyridine rings is 1. The average Bonchev–Trinajstić information content (AvgIpc) is 2.34. The molecule has 0 radical (unpaired) electrons. The summed E-state index contributed by atoms with van der Waals surface area (Å²) < 4.78 is 30.9. The van der Waals surface area contributed by atoms with Gasteiger partial charge in [-0.2, -0.15) is 0 Å². The van der Waals surface area contributed by atoms with Gasteiger partial charge in [-0.3, -0.25) is 0 Å². The van der Waals surface area contributed by atoms with Gasteiger partial charge in [-0.1, -0.05) is 11.6 Å². The minimum absolute atomic E-state index is 0.0395. The van der Waals surface area contributed by atoms with E-state index in [0.717, 1.165) is 0 Å². The lowest BCUT2D eigenvalue weighted by Gasteiger charge is -2.06. The summed E-state index contributed by atoms with van der Waals surface area (Å²) in [5.74, 6) is 0. The third-order valence-corrected chi connectivity index (χ3v) is 3.67. The molecule has 0 amide bonds. The Morgan fingerprint density at radius 3 is 2.78 bits per heavy atom. The van der Waals surface area contributed by atoms with E-state index >= 15 is 0 Å². The zero-order chi connectivity index (χ0) is 13.4. The lowest BCUT2D eigenvalue weighted by atomic mass is 10.5. The number of aliphatic hydroxyl groups excluding tert-OH is 1. The zero-order valence-corrected chi connectivity index (χ0v) is 11.2. The second-order valence-electron chi connectivity index (χ2n) is 3.40. The van der Waals surface area contributed by atoms with Crippen molar-refractivity contribution in [2.75, 3.05) is 26.4 Å². The summed E-state index contributed by atoms with van der Waals surface area (Å²) in [7, 11) is -3.55. The molecule has 0 fully saturated rings. The molecule has 6 nitrogen and oxygen atoms in total. The Labute approximate surface area is 111 Å². The number of rotatable bonds is 8. The van der Waals surface area contributed by atoms with E-state index < -0.39 is 10.0 Å². The van der Waals surface area contributed by atoms with Crippen molar-refractivity contribution in [2.24, 2.45) is 0 Å². The highest BCUT2D eigenvalue weighted by Crippen LogP contribution is 2.10. The maximum absolute atomic E-state index is 11.8. The maximum Gasteiger partial charge on any atom is 0.242 e. The summed E-state index contributed by atoms with van der Waals surface area (Å²) >= 11 is 5.57. The molecule has 0 aliphatic heterocycles. The number of aromatic nitrogens is 1. The van der Waals surface area contributed by atoms with Crippen LogP contribution in [0.5, 0.6) is 0 Å². The summed E-state index contributed by atoms with van der Waals surface area (Å²) in [6.45, 7) is 0.869. The van der Waals surface area contributed by atoms with Gasteiger partial charge in [0.05, 0.1) is 13.2 Å². The summed E-state index contributed by atoms with van der Waals surface area (Å²) in [4.78, 5) is 3.78. The predicted molar refractivity (Wildman–Crippen MR) is 67.0 cm³/mol. The zero-order valence-electron chi connectivity index (χ0n) is 9.67. The summed E-state index contributed by atoms with van der Waals surface area (Å²) in [5.41, 5.74) is 0. The number of hydrogen-bond donors (Lipinski definition) is 2. The van der Waals surface area contributed by atoms with Crippen molar-refractivity contribution in [1.82, 2.24) is 9.71 Å². The van der Waals surface area contributed by atoms with Crippen LogP contribution in [-0.4, -0.2) is 44.9 Å². The minimum atomic E-state index is -3.55. The largest absolute Gasteiger partial charge is 0.394 e. The van der Waals surface area contributed by atoms with Crippen LogP contribution < -0.4 is 4.72 Å². The first-order valence-electron chi connectivity index (χ1n) is 5.36. The molecule has 0 aromatic carbocycles. The van der Waals surface area contributed by atoms with E-state index in [2.05, 4.69) is 9.71 Å². The molecule has 0 saturated heterocycles. The molecular formula is C10H15ClN2O4S. The Bertz CT molecular complexity index is 449. The van der Waals surface area contributed by atoms with Crippen LogP contribution in [0.15, 0.2) is 23.2 Å². The van der Waals surface area contributed by atoms with Crippen LogP contribution in [0.1, 0.15) is 6.42 Å². The van der Waals surface area contributed by atoms with Gasteiger partial charge in [0.2, 0.25) is 10.0 Å². The summed E-state index contributed by atoms with van der Waals surface area (Å²) in [6.07, 6.45) is 1.73. The van der Waals surface area contributed by atoms with Gasteiger partial charge >= 0.3 is 0 Å². The minimum Gasteiger partial charge on any atom is -0.394 e. The van der Waals surface area contributed by atoms with E-state index in [0.29, 0.717) is 13.0 Å². The first-order valence-corrected chi connectivity index (χ1v) is 7.22. The normalized spacial score (nSPS) is 11.7. The van der Waals surface area contributed by atoms with Gasteiger partial charge in [0, 0.05) is 19.3 Å². The molecule has 8 heteroatoms. The standard InChI is InChI=1S/C10H15ClN2O4S/c11-10-3-2-9(8-12-10)18(15,16)13-4-1-6-17-7-5-14/h2-3,8,13-14H,1,4-7H2. The molecule has 0 atom stereocenters. The Hall–Kier alpha value is -0.730. The van der Waals surface area contributed by atoms with Crippen molar-refractivity contribution < 1.29 is 18.3 Å². The first-order chi connectivity index (χ1) is 8.56. The third-order valence-electron chi connectivity index (χ3n) is 2.00. The van der Waals surface area contributed by atoms with Gasteiger partial charge in [-0.05, 0) is 18.6 Å². The molecule has 1 heterocycles. The predicted octanol–water partition coefficient (Wildman–Crippen LogP) is 0.412. The van der Waals surface area contributed by atoms with Crippen LogP contribution in [0.25, 0.3) is 0 Å². The topological polar surface area (TPSA) is 88.5 Å². The van der Waals surface area contributed by atoms with Crippen molar-refractivity contribution in [3.8, 4) is 0 Å². The monoisotopic (exact) mass is 294 g/mol. The first kappa shape index (κ1) is 15.3. The van der Waals surface area contributed by atoms with E-state index in [4.69, 9.17) is 21.4 Å². The van der Waals surface area contributed by atoms with Gasteiger partial charge < -0.3 is 9.84 Å². The van der Waals surface area contributed by atoms with Crippen molar-refractivity contribution in [3.63, 3.8) is 0 Å². The van der Waals surface area contributed by atoms with Crippen LogP contribution in [0.3, 0.4) is 0 Å². The fraction of sp³-hybridized carbons (Fsp3) is 0.500. The number of halogens is 1. The van der Waals surface area contributed by atoms with Gasteiger partial charge in [-0.15, -0.1) is 0 Å². The second-order valence-corrected chi connectivity index (χ2v) is 5.56. The highest BCUT2D eigenvalue weighted by molar-refractivity contribution is 7.89. The van der Waals surface area contributed by atoms with Crippen LogP contribution in [0.4, 0.5) is 0 Å². The van der Waals surface area contributed by atoms with Crippen LogP contribution in [-0.2, 0) is 14.8 Å². The molecule has 0 unspecified atom stereocenters. The summed E-state index contributed by atoms with van der Waals surface area (Å²) in [6, 6.07) is 2.81. The lowest BCUT2D eigenvalue weighted by molar-refractivity contribution is 0.0913. The van der Waals surface area contributed by atoms with Crippen molar-refractivity contribution in [3.05, 3.63) is 23.5 Å². The van der Waals surface area contributed by atoms with E-state index in [-0.39, 0.29) is 29.8 Å². The van der Waals surface area contributed by atoms with Gasteiger partial charge in [-0.25, -0.2) is 18.1 Å². The Morgan fingerprint density at radius 1 is 1.39 bits per heavy atom. The van der Waals surface area contributed by atoms with Crippen LogP contribution >= 0.6 is 11.6 Å². The van der Waals surface area contributed by atoms with Crippen molar-refractivity contribution in [1.29, 1.82) is 0 Å². The van der Waals surface area contributed by atoms with Gasteiger partial charge in [0.25, 0.3) is 0 Å². The molecule has 102 valence electrons. The van der Waals surface area contributed by atoms with E-state index in [9.17, 15) is 8.42 Å². The molecule has 18 heavy (non-hydrogen) atoms. The SMILES string of the molecule is O=S(=O)(NCCCOCCO)c1ccc(Cl)nc1. The lowest BCUT2D eigenvalue weighted by Crippen LogP contribution is -2.25. The van der Waals surface area contributed by atoms with E-state index in [1.807, 2.05) is 0 Å². The Kier molecular flexibility index (Phi) is 6.51. The highest BCUT2D eigenvalue weighted by atomic mass is 35.5. The average molecular weight is 295 g/mol. The van der Waals surface area contributed by atoms with Crippen LogP contribution in [0.2, 0.25) is 5.15 Å². The Balaban J connectivity index is 2.38. The number of ether oxygens (including phenoxy) is 1. The highest BCUT2D eigenvalue weighted by Gasteiger charge is 2.13. The molecule has 0 aliphatic rings. The third kappa shape index (κ3) is 5.28. The number of aliphatic hydroxyl groups is 1. The number of hydrogen-bond acceptors (Lipinski definition) is 5. The molecule has 0 bridgehead atoms. The Morgan fingerprint density at radius 2 is 2.17 bits per heavy atom. The van der Waals surface area contributed by atoms with E-state index in [1.54, 1.807) is 0 Å². The van der Waals surface area contributed by atoms with Crippen LogP contribution in [0, 0.1) is 0 Å². The molecular weight excluding hydrogens is 280 g/mol. The maximum atomic E-state index is 11.8. The number of nitrogens with zero attached hydrogens (tertiary/aromatic N) is 1. The molecule has 0 spiro atoms. The van der Waals surface area contributed by atoms with E-state index in [1.165, 1.54) is 18.3 Å². The van der Waals surface area contributed by atoms with Crippen molar-refractivity contribution >= 4 is 21.6 Å². The molecule has 0 aliphatic carbocycles. The molecule has 1 aromatic rings. The second kappa shape index (κ2) is 7.65. The fourth-order valence-corrected chi connectivity index (χ4v) is 2.28.